The van der Waals surface area contributed by atoms with Gasteiger partial charge < -0.3 is 10.6 Å². The number of carbonyl (C=O) groups excluding carboxylic acids is 1. The molecule has 0 bridgehead atoms. The van der Waals surface area contributed by atoms with E-state index in [0.29, 0.717) is 28.8 Å². The van der Waals surface area contributed by atoms with E-state index >= 15 is 0 Å². The summed E-state index contributed by atoms with van der Waals surface area (Å²) in [7, 11) is 0. The van der Waals surface area contributed by atoms with Gasteiger partial charge in [0.05, 0.1) is 16.6 Å². The summed E-state index contributed by atoms with van der Waals surface area (Å²) in [5, 5.41) is 5.59. The van der Waals surface area contributed by atoms with E-state index in [9.17, 15) is 14.0 Å². The number of para-hydroxylation sites is 1. The average molecular weight is 354 g/mol. The molecule has 0 saturated heterocycles. The number of aryl methyl sites for hydroxylation is 1. The number of amides is 2. The molecule has 0 saturated carbocycles. The third-order valence-corrected chi connectivity index (χ3v) is 4.01. The molecule has 0 radical (unpaired) electrons. The summed E-state index contributed by atoms with van der Waals surface area (Å²) in [6.07, 6.45) is 0. The number of anilines is 1. The highest BCUT2D eigenvalue weighted by atomic mass is 19.1. The number of hydrogen-bond acceptors (Lipinski definition) is 3. The van der Waals surface area contributed by atoms with Crippen molar-refractivity contribution in [2.24, 2.45) is 0 Å². The van der Waals surface area contributed by atoms with Crippen LogP contribution in [0.1, 0.15) is 18.3 Å². The lowest BCUT2D eigenvalue weighted by Crippen LogP contribution is -2.28. The number of nitrogens with one attached hydrogen (secondary N) is 2. The minimum atomic E-state index is -0.863. The highest BCUT2D eigenvalue weighted by molar-refractivity contribution is 5.92. The van der Waals surface area contributed by atoms with Crippen LogP contribution in [0.2, 0.25) is 0 Å². The van der Waals surface area contributed by atoms with Crippen molar-refractivity contribution in [2.75, 3.05) is 11.9 Å². The van der Waals surface area contributed by atoms with Crippen molar-refractivity contribution in [2.45, 2.75) is 20.5 Å². The van der Waals surface area contributed by atoms with E-state index in [2.05, 4.69) is 15.6 Å². The molecule has 1 aromatic heterocycles. The quantitative estimate of drug-likeness (QED) is 0.755. The van der Waals surface area contributed by atoms with Crippen molar-refractivity contribution >= 4 is 22.6 Å². The second-order valence-corrected chi connectivity index (χ2v) is 5.81. The molecule has 2 N–H and O–H groups in total. The molecule has 3 aromatic rings. The number of aromatic nitrogens is 2. The number of nitrogens with zero attached hydrogens (tertiary/aromatic N) is 2. The molecule has 2 amide bonds. The van der Waals surface area contributed by atoms with E-state index in [1.807, 2.05) is 26.0 Å². The highest BCUT2D eigenvalue weighted by Crippen LogP contribution is 2.19. The Morgan fingerprint density at radius 3 is 2.69 bits per heavy atom. The Morgan fingerprint density at radius 1 is 1.23 bits per heavy atom. The number of halogens is 1. The summed E-state index contributed by atoms with van der Waals surface area (Å²) in [5.74, 6) is 0.0428. The van der Waals surface area contributed by atoms with Crippen LogP contribution in [0.4, 0.5) is 14.9 Å². The molecular formula is C19H19FN4O2. The van der Waals surface area contributed by atoms with Gasteiger partial charge in [-0.1, -0.05) is 18.2 Å². The van der Waals surface area contributed by atoms with Crippen molar-refractivity contribution in [3.63, 3.8) is 0 Å². The molecule has 0 aliphatic heterocycles. The van der Waals surface area contributed by atoms with Crippen LogP contribution in [0.25, 0.3) is 16.6 Å². The first-order valence-corrected chi connectivity index (χ1v) is 8.27. The molecule has 0 atom stereocenters. The lowest BCUT2D eigenvalue weighted by Gasteiger charge is -2.14. The van der Waals surface area contributed by atoms with Crippen LogP contribution in [0, 0.1) is 6.92 Å². The van der Waals surface area contributed by atoms with E-state index in [-0.39, 0.29) is 17.4 Å². The largest absolute Gasteiger partial charge is 0.338 e. The second-order valence-electron chi connectivity index (χ2n) is 5.81. The molecule has 3 rings (SSSR count). The first-order valence-electron chi connectivity index (χ1n) is 8.27. The molecule has 0 aliphatic rings. The van der Waals surface area contributed by atoms with E-state index in [0.717, 1.165) is 5.56 Å². The van der Waals surface area contributed by atoms with Gasteiger partial charge in [-0.15, -0.1) is 0 Å². The van der Waals surface area contributed by atoms with Gasteiger partial charge in [0.15, 0.2) is 0 Å². The van der Waals surface area contributed by atoms with Crippen molar-refractivity contribution in [1.82, 2.24) is 14.9 Å². The molecule has 134 valence electrons. The summed E-state index contributed by atoms with van der Waals surface area (Å²) in [6.45, 7) is 3.28. The molecule has 0 unspecified atom stereocenters. The minimum Gasteiger partial charge on any atom is -0.338 e. The third kappa shape index (κ3) is 3.28. The Balaban J connectivity index is 2.19. The fourth-order valence-corrected chi connectivity index (χ4v) is 2.80. The molecule has 26 heavy (non-hydrogen) atoms. The highest BCUT2D eigenvalue weighted by Gasteiger charge is 2.14. The maximum Gasteiger partial charge on any atom is 0.319 e. The van der Waals surface area contributed by atoms with Crippen LogP contribution in [-0.2, 0) is 6.67 Å². The summed E-state index contributed by atoms with van der Waals surface area (Å²) in [5.41, 5.74) is 1.89. The Bertz CT molecular complexity index is 1030. The molecule has 7 heteroatoms. The molecule has 1 heterocycles. The number of hydrogen-bond donors (Lipinski definition) is 2. The van der Waals surface area contributed by atoms with E-state index in [1.54, 1.807) is 30.3 Å². The van der Waals surface area contributed by atoms with Gasteiger partial charge in [-0.25, -0.2) is 14.2 Å². The summed E-state index contributed by atoms with van der Waals surface area (Å²) in [6, 6.07) is 11.6. The van der Waals surface area contributed by atoms with Crippen LogP contribution in [-0.4, -0.2) is 22.1 Å². The Labute approximate surface area is 149 Å². The Hall–Kier alpha value is -3.22. The van der Waals surface area contributed by atoms with Crippen LogP contribution in [0.5, 0.6) is 0 Å². The maximum absolute atomic E-state index is 13.6. The molecule has 0 spiro atoms. The molecule has 0 aliphatic carbocycles. The zero-order chi connectivity index (χ0) is 18.7. The van der Waals surface area contributed by atoms with Gasteiger partial charge in [0.25, 0.3) is 5.56 Å². The van der Waals surface area contributed by atoms with Crippen LogP contribution >= 0.6 is 0 Å². The summed E-state index contributed by atoms with van der Waals surface area (Å²) < 4.78 is 14.8. The molecule has 2 aromatic carbocycles. The zero-order valence-electron chi connectivity index (χ0n) is 14.5. The topological polar surface area (TPSA) is 76.0 Å². The van der Waals surface area contributed by atoms with E-state index < -0.39 is 6.67 Å². The van der Waals surface area contributed by atoms with Crippen LogP contribution in [0.15, 0.2) is 47.3 Å². The second kappa shape index (κ2) is 7.35. The predicted octanol–water partition coefficient (Wildman–Crippen LogP) is 3.31. The Morgan fingerprint density at radius 2 is 2.00 bits per heavy atom. The van der Waals surface area contributed by atoms with Crippen molar-refractivity contribution < 1.29 is 9.18 Å². The number of benzene rings is 2. The molecule has 0 fully saturated rings. The number of alkyl halides is 1. The SMILES string of the molecule is CCNC(=O)Nc1ccc2nc(CF)n(-c3ccccc3C)c(=O)c2c1. The molecular weight excluding hydrogens is 335 g/mol. The fraction of sp³-hybridized carbons (Fsp3) is 0.211. The van der Waals surface area contributed by atoms with Gasteiger partial charge in [0.2, 0.25) is 0 Å². The third-order valence-electron chi connectivity index (χ3n) is 4.01. The lowest BCUT2D eigenvalue weighted by molar-refractivity contribution is 0.252. The van der Waals surface area contributed by atoms with E-state index in [1.165, 1.54) is 4.57 Å². The number of carbonyl (C=O) groups is 1. The standard InChI is InChI=1S/C19H19FN4O2/c1-3-21-19(26)22-13-8-9-15-14(10-13)18(25)24(17(11-20)23-15)16-7-5-4-6-12(16)2/h4-10H,3,11H2,1-2H3,(H2,21,22,26). The smallest absolute Gasteiger partial charge is 0.319 e. The van der Waals surface area contributed by atoms with Crippen LogP contribution in [0.3, 0.4) is 0 Å². The van der Waals surface area contributed by atoms with Crippen LogP contribution < -0.4 is 16.2 Å². The van der Waals surface area contributed by atoms with Gasteiger partial charge in [0, 0.05) is 12.2 Å². The maximum atomic E-state index is 13.6. The zero-order valence-corrected chi connectivity index (χ0v) is 14.5. The van der Waals surface area contributed by atoms with Gasteiger partial charge in [-0.2, -0.15) is 0 Å². The summed E-state index contributed by atoms with van der Waals surface area (Å²) in [4.78, 5) is 29.0. The number of urea groups is 1. The lowest BCUT2D eigenvalue weighted by atomic mass is 10.1. The number of rotatable bonds is 4. The van der Waals surface area contributed by atoms with Crippen molar-refractivity contribution in [3.05, 3.63) is 64.2 Å². The number of fused-ring (bicyclic) bond motifs is 1. The minimum absolute atomic E-state index is 0.0428. The monoisotopic (exact) mass is 354 g/mol. The van der Waals surface area contributed by atoms with Crippen molar-refractivity contribution in [3.8, 4) is 5.69 Å². The fourth-order valence-electron chi connectivity index (χ4n) is 2.80. The van der Waals surface area contributed by atoms with Gasteiger partial charge in [-0.3, -0.25) is 9.36 Å². The first kappa shape index (κ1) is 17.6. The van der Waals surface area contributed by atoms with Crippen molar-refractivity contribution in [1.29, 1.82) is 0 Å². The average Bonchev–Trinajstić information content (AvgIpc) is 2.63. The molecule has 6 nitrogen and oxygen atoms in total. The normalized spacial score (nSPS) is 10.7. The first-order chi connectivity index (χ1) is 12.5. The Kier molecular flexibility index (Phi) is 4.97. The van der Waals surface area contributed by atoms with Gasteiger partial charge in [0.1, 0.15) is 12.5 Å². The summed E-state index contributed by atoms with van der Waals surface area (Å²) >= 11 is 0. The predicted molar refractivity (Wildman–Crippen MR) is 99.6 cm³/mol. The van der Waals surface area contributed by atoms with Gasteiger partial charge in [-0.05, 0) is 43.7 Å². The van der Waals surface area contributed by atoms with E-state index in [4.69, 9.17) is 0 Å². The van der Waals surface area contributed by atoms with Gasteiger partial charge >= 0.3 is 6.03 Å².